The molecule has 2 N–H and O–H groups in total. The van der Waals surface area contributed by atoms with Gasteiger partial charge < -0.3 is 5.73 Å². The fourth-order valence-electron chi connectivity index (χ4n) is 2.06. The van der Waals surface area contributed by atoms with Crippen LogP contribution in [-0.2, 0) is 5.41 Å². The van der Waals surface area contributed by atoms with Crippen LogP contribution in [0.2, 0.25) is 0 Å². The lowest BCUT2D eigenvalue weighted by Gasteiger charge is -2.20. The normalized spacial score (nSPS) is 13.6. The molecular formula is C16H20BrNS. The Morgan fingerprint density at radius 3 is 2.16 bits per heavy atom. The van der Waals surface area contributed by atoms with Crippen molar-refractivity contribution in [2.45, 2.75) is 39.2 Å². The van der Waals surface area contributed by atoms with Crippen molar-refractivity contribution in [2.24, 2.45) is 5.73 Å². The van der Waals surface area contributed by atoms with Gasteiger partial charge in [-0.15, -0.1) is 11.3 Å². The van der Waals surface area contributed by atoms with Crippen molar-refractivity contribution in [1.82, 2.24) is 0 Å². The summed E-state index contributed by atoms with van der Waals surface area (Å²) in [4.78, 5) is 2.48. The molecule has 0 aliphatic carbocycles. The lowest BCUT2D eigenvalue weighted by molar-refractivity contribution is 0.590. The maximum Gasteiger partial charge on any atom is 0.0657 e. The monoisotopic (exact) mass is 337 g/mol. The van der Waals surface area contributed by atoms with Gasteiger partial charge in [-0.1, -0.05) is 45.0 Å². The number of benzene rings is 1. The van der Waals surface area contributed by atoms with Crippen molar-refractivity contribution in [3.8, 4) is 0 Å². The molecule has 1 nitrogen and oxygen atoms in total. The summed E-state index contributed by atoms with van der Waals surface area (Å²) < 4.78 is 1.11. The molecular weight excluding hydrogens is 318 g/mol. The van der Waals surface area contributed by atoms with Gasteiger partial charge in [-0.25, -0.2) is 0 Å². The molecule has 0 amide bonds. The highest BCUT2D eigenvalue weighted by Gasteiger charge is 2.17. The first-order chi connectivity index (χ1) is 8.79. The van der Waals surface area contributed by atoms with E-state index in [1.165, 1.54) is 15.3 Å². The second-order valence-corrected chi connectivity index (χ2v) is 8.06. The van der Waals surface area contributed by atoms with E-state index in [1.807, 2.05) is 0 Å². The van der Waals surface area contributed by atoms with Gasteiger partial charge in [0.25, 0.3) is 0 Å². The summed E-state index contributed by atoms with van der Waals surface area (Å²) >= 11 is 5.35. The van der Waals surface area contributed by atoms with Gasteiger partial charge in [0.05, 0.1) is 6.04 Å². The zero-order valence-electron chi connectivity index (χ0n) is 11.8. The second-order valence-electron chi connectivity index (χ2n) is 5.92. The Morgan fingerprint density at radius 1 is 1.16 bits per heavy atom. The second kappa shape index (κ2) is 5.39. The minimum atomic E-state index is -0.0536. The van der Waals surface area contributed by atoms with E-state index in [2.05, 4.69) is 74.0 Å². The fraction of sp³-hybridized carbons (Fsp3) is 0.375. The largest absolute Gasteiger partial charge is 0.320 e. The van der Waals surface area contributed by atoms with Gasteiger partial charge >= 0.3 is 0 Å². The summed E-state index contributed by atoms with van der Waals surface area (Å²) in [5, 5.41) is 0. The minimum Gasteiger partial charge on any atom is -0.320 e. The topological polar surface area (TPSA) is 26.0 Å². The van der Waals surface area contributed by atoms with E-state index >= 15 is 0 Å². The number of rotatable bonds is 2. The van der Waals surface area contributed by atoms with Crippen molar-refractivity contribution in [3.05, 3.63) is 55.7 Å². The molecule has 0 bridgehead atoms. The van der Waals surface area contributed by atoms with Crippen molar-refractivity contribution in [2.75, 3.05) is 0 Å². The molecule has 0 saturated carbocycles. The number of halogens is 1. The highest BCUT2D eigenvalue weighted by molar-refractivity contribution is 9.10. The van der Waals surface area contributed by atoms with Gasteiger partial charge in [-0.3, -0.25) is 0 Å². The Morgan fingerprint density at radius 2 is 1.74 bits per heavy atom. The summed E-state index contributed by atoms with van der Waals surface area (Å²) in [6, 6.07) is 10.7. The molecule has 0 radical (unpaired) electrons. The number of thiophene rings is 1. The summed E-state index contributed by atoms with van der Waals surface area (Å²) in [5.74, 6) is 0. The van der Waals surface area contributed by atoms with E-state index in [0.29, 0.717) is 0 Å². The van der Waals surface area contributed by atoms with E-state index in [0.717, 1.165) is 10.0 Å². The van der Waals surface area contributed by atoms with Crippen molar-refractivity contribution >= 4 is 27.3 Å². The zero-order chi connectivity index (χ0) is 14.2. The van der Waals surface area contributed by atoms with Crippen LogP contribution in [0, 0.1) is 6.92 Å². The number of aryl methyl sites for hydroxylation is 1. The summed E-state index contributed by atoms with van der Waals surface area (Å²) in [6.45, 7) is 8.78. The van der Waals surface area contributed by atoms with E-state index in [9.17, 15) is 0 Å². The van der Waals surface area contributed by atoms with Crippen LogP contribution in [-0.4, -0.2) is 0 Å². The maximum atomic E-state index is 6.37. The van der Waals surface area contributed by atoms with Crippen LogP contribution in [0.1, 0.15) is 47.7 Å². The van der Waals surface area contributed by atoms with Gasteiger partial charge in [-0.05, 0) is 45.5 Å². The van der Waals surface area contributed by atoms with Crippen LogP contribution >= 0.6 is 27.3 Å². The highest BCUT2D eigenvalue weighted by Crippen LogP contribution is 2.34. The molecule has 1 unspecified atom stereocenters. The Hall–Kier alpha value is -0.640. The molecule has 0 aliphatic heterocycles. The number of hydrogen-bond donors (Lipinski definition) is 1. The van der Waals surface area contributed by atoms with Gasteiger partial charge in [0.1, 0.15) is 0 Å². The molecule has 0 spiro atoms. The van der Waals surface area contributed by atoms with E-state index < -0.39 is 0 Å². The first-order valence-corrected chi connectivity index (χ1v) is 8.02. The molecule has 1 atom stereocenters. The van der Waals surface area contributed by atoms with Gasteiger partial charge in [0.2, 0.25) is 0 Å². The van der Waals surface area contributed by atoms with Crippen molar-refractivity contribution in [3.63, 3.8) is 0 Å². The Bertz CT molecular complexity index is 563. The van der Waals surface area contributed by atoms with Gasteiger partial charge in [0, 0.05) is 14.2 Å². The zero-order valence-corrected chi connectivity index (χ0v) is 14.2. The lowest BCUT2D eigenvalue weighted by atomic mass is 9.86. The number of hydrogen-bond acceptors (Lipinski definition) is 2. The van der Waals surface area contributed by atoms with Crippen molar-refractivity contribution in [1.29, 1.82) is 0 Å². The summed E-state index contributed by atoms with van der Waals surface area (Å²) in [7, 11) is 0. The molecule has 1 heterocycles. The molecule has 0 fully saturated rings. The van der Waals surface area contributed by atoms with Crippen LogP contribution in [0.4, 0.5) is 0 Å². The SMILES string of the molecule is Cc1cc(Br)c(C(N)c2ccc(C(C)(C)C)cc2)s1. The molecule has 1 aromatic heterocycles. The molecule has 0 saturated heterocycles. The highest BCUT2D eigenvalue weighted by atomic mass is 79.9. The Kier molecular flexibility index (Phi) is 4.19. The Balaban J connectivity index is 2.30. The molecule has 2 rings (SSSR count). The van der Waals surface area contributed by atoms with Crippen LogP contribution in [0.15, 0.2) is 34.8 Å². The van der Waals surface area contributed by atoms with Gasteiger partial charge in [0.15, 0.2) is 0 Å². The maximum absolute atomic E-state index is 6.37. The first-order valence-electron chi connectivity index (χ1n) is 6.41. The smallest absolute Gasteiger partial charge is 0.0657 e. The summed E-state index contributed by atoms with van der Waals surface area (Å²) in [6.07, 6.45) is 0. The number of nitrogens with two attached hydrogens (primary N) is 1. The van der Waals surface area contributed by atoms with E-state index in [1.54, 1.807) is 11.3 Å². The average molecular weight is 338 g/mol. The van der Waals surface area contributed by atoms with Crippen LogP contribution in [0.5, 0.6) is 0 Å². The minimum absolute atomic E-state index is 0.0536. The van der Waals surface area contributed by atoms with Crippen LogP contribution in [0.25, 0.3) is 0 Å². The van der Waals surface area contributed by atoms with Crippen LogP contribution < -0.4 is 5.73 Å². The Labute approximate surface area is 128 Å². The van der Waals surface area contributed by atoms with E-state index in [4.69, 9.17) is 5.73 Å². The quantitative estimate of drug-likeness (QED) is 0.804. The predicted molar refractivity (Wildman–Crippen MR) is 87.9 cm³/mol. The molecule has 1 aromatic carbocycles. The average Bonchev–Trinajstić information content (AvgIpc) is 2.66. The third-order valence-electron chi connectivity index (χ3n) is 3.25. The standard InChI is InChI=1S/C16H20BrNS/c1-10-9-13(17)15(19-10)14(18)11-5-7-12(8-6-11)16(2,3)4/h5-9,14H,18H2,1-4H3. The lowest BCUT2D eigenvalue weighted by Crippen LogP contribution is -2.13. The third kappa shape index (κ3) is 3.28. The molecule has 3 heteroatoms. The molecule has 102 valence electrons. The first kappa shape index (κ1) is 14.8. The van der Waals surface area contributed by atoms with Crippen molar-refractivity contribution < 1.29 is 0 Å². The molecule has 0 aliphatic rings. The van der Waals surface area contributed by atoms with Gasteiger partial charge in [-0.2, -0.15) is 0 Å². The molecule has 19 heavy (non-hydrogen) atoms. The predicted octanol–water partition coefficient (Wildman–Crippen LogP) is 5.16. The van der Waals surface area contributed by atoms with Crippen LogP contribution in [0.3, 0.4) is 0 Å². The summed E-state index contributed by atoms with van der Waals surface area (Å²) in [5.41, 5.74) is 9.05. The fourth-order valence-corrected chi connectivity index (χ4v) is 3.98. The molecule has 2 aromatic rings. The third-order valence-corrected chi connectivity index (χ3v) is 5.31. The van der Waals surface area contributed by atoms with E-state index in [-0.39, 0.29) is 11.5 Å².